The molecule has 1 unspecified atom stereocenters. The van der Waals surface area contributed by atoms with Crippen molar-refractivity contribution in [3.8, 4) is 0 Å². The molecule has 0 saturated carbocycles. The molecular formula is C14H15F3N2O3. The maximum Gasteiger partial charge on any atom is 0.471 e. The lowest BCUT2D eigenvalue weighted by Gasteiger charge is -2.17. The number of nitrogens with one attached hydrogen (secondary N) is 1. The van der Waals surface area contributed by atoms with Crippen molar-refractivity contribution in [3.63, 3.8) is 0 Å². The Morgan fingerprint density at radius 3 is 2.59 bits per heavy atom. The van der Waals surface area contributed by atoms with Crippen LogP contribution >= 0.6 is 0 Å². The van der Waals surface area contributed by atoms with Crippen molar-refractivity contribution in [2.75, 3.05) is 13.1 Å². The van der Waals surface area contributed by atoms with Gasteiger partial charge in [0, 0.05) is 19.1 Å². The summed E-state index contributed by atoms with van der Waals surface area (Å²) in [4.78, 5) is 23.9. The van der Waals surface area contributed by atoms with Gasteiger partial charge in [0.1, 0.15) is 6.61 Å². The standard InChI is InChI=1S/C14H15F3N2O3/c15-14(16,17)12(20)18-11-6-7-19(8-11)13(21)22-9-10-4-2-1-3-5-10/h1-5,11H,6-9H2,(H,18,20). The number of amides is 2. The van der Waals surface area contributed by atoms with E-state index in [0.29, 0.717) is 0 Å². The van der Waals surface area contributed by atoms with Gasteiger partial charge in [-0.25, -0.2) is 4.79 Å². The first-order chi connectivity index (χ1) is 10.4. The van der Waals surface area contributed by atoms with E-state index in [1.807, 2.05) is 23.5 Å². The van der Waals surface area contributed by atoms with Gasteiger partial charge in [-0.05, 0) is 12.0 Å². The van der Waals surface area contributed by atoms with Crippen LogP contribution in [0.25, 0.3) is 0 Å². The third-order valence-corrected chi connectivity index (χ3v) is 3.24. The number of alkyl halides is 3. The molecule has 0 aromatic heterocycles. The number of hydrogen-bond donors (Lipinski definition) is 1. The van der Waals surface area contributed by atoms with Crippen LogP contribution in [0.15, 0.2) is 30.3 Å². The van der Waals surface area contributed by atoms with Gasteiger partial charge in [0.15, 0.2) is 0 Å². The smallest absolute Gasteiger partial charge is 0.445 e. The molecule has 120 valence electrons. The van der Waals surface area contributed by atoms with Gasteiger partial charge in [0.2, 0.25) is 0 Å². The number of likely N-dealkylation sites (tertiary alicyclic amines) is 1. The van der Waals surface area contributed by atoms with E-state index in [4.69, 9.17) is 4.74 Å². The van der Waals surface area contributed by atoms with Crippen molar-refractivity contribution in [2.45, 2.75) is 25.2 Å². The zero-order valence-electron chi connectivity index (χ0n) is 11.6. The molecule has 0 bridgehead atoms. The van der Waals surface area contributed by atoms with E-state index in [1.54, 1.807) is 12.1 Å². The molecule has 2 rings (SSSR count). The van der Waals surface area contributed by atoms with Crippen LogP contribution in [-0.4, -0.2) is 42.2 Å². The lowest BCUT2D eigenvalue weighted by Crippen LogP contribution is -2.44. The van der Waals surface area contributed by atoms with Gasteiger partial charge in [-0.1, -0.05) is 30.3 Å². The summed E-state index contributed by atoms with van der Waals surface area (Å²) >= 11 is 0. The normalized spacial score (nSPS) is 18.1. The zero-order chi connectivity index (χ0) is 16.2. The molecule has 1 aliphatic heterocycles. The van der Waals surface area contributed by atoms with E-state index < -0.39 is 24.2 Å². The Morgan fingerprint density at radius 2 is 1.95 bits per heavy atom. The molecule has 1 N–H and O–H groups in total. The van der Waals surface area contributed by atoms with Gasteiger partial charge >= 0.3 is 18.2 Å². The summed E-state index contributed by atoms with van der Waals surface area (Å²) in [5, 5.41) is 1.86. The molecule has 1 aromatic rings. The van der Waals surface area contributed by atoms with Crippen LogP contribution in [0.5, 0.6) is 0 Å². The second-order valence-electron chi connectivity index (χ2n) is 4.94. The van der Waals surface area contributed by atoms with Crippen LogP contribution < -0.4 is 5.32 Å². The molecule has 0 aliphatic carbocycles. The van der Waals surface area contributed by atoms with Crippen molar-refractivity contribution in [1.29, 1.82) is 0 Å². The number of halogens is 3. The number of rotatable bonds is 3. The van der Waals surface area contributed by atoms with E-state index in [9.17, 15) is 22.8 Å². The fourth-order valence-electron chi connectivity index (χ4n) is 2.12. The highest BCUT2D eigenvalue weighted by Crippen LogP contribution is 2.17. The summed E-state index contributed by atoms with van der Waals surface area (Å²) in [6.45, 7) is 0.349. The van der Waals surface area contributed by atoms with Gasteiger partial charge in [-0.2, -0.15) is 13.2 Å². The van der Waals surface area contributed by atoms with E-state index in [0.717, 1.165) is 5.56 Å². The van der Waals surface area contributed by atoms with Gasteiger partial charge in [-0.3, -0.25) is 4.79 Å². The molecule has 22 heavy (non-hydrogen) atoms. The van der Waals surface area contributed by atoms with Crippen molar-refractivity contribution in [2.24, 2.45) is 0 Å². The van der Waals surface area contributed by atoms with Crippen molar-refractivity contribution in [3.05, 3.63) is 35.9 Å². The molecule has 1 atom stereocenters. The molecule has 1 heterocycles. The number of benzene rings is 1. The van der Waals surface area contributed by atoms with Crippen LogP contribution in [0.2, 0.25) is 0 Å². The second kappa shape index (κ2) is 6.67. The predicted molar refractivity (Wildman–Crippen MR) is 70.8 cm³/mol. The number of carbonyl (C=O) groups is 2. The summed E-state index contributed by atoms with van der Waals surface area (Å²) in [5.74, 6) is -1.99. The Morgan fingerprint density at radius 1 is 1.27 bits per heavy atom. The zero-order valence-corrected chi connectivity index (χ0v) is 11.6. The van der Waals surface area contributed by atoms with Gasteiger partial charge in [-0.15, -0.1) is 0 Å². The van der Waals surface area contributed by atoms with E-state index in [2.05, 4.69) is 0 Å². The molecule has 1 saturated heterocycles. The van der Waals surface area contributed by atoms with E-state index >= 15 is 0 Å². The average Bonchev–Trinajstić information content (AvgIpc) is 2.93. The van der Waals surface area contributed by atoms with E-state index in [-0.39, 0.29) is 26.1 Å². The second-order valence-corrected chi connectivity index (χ2v) is 4.94. The Balaban J connectivity index is 1.78. The third kappa shape index (κ3) is 4.37. The summed E-state index contributed by atoms with van der Waals surface area (Å²) < 4.78 is 41.5. The maximum atomic E-state index is 12.1. The lowest BCUT2D eigenvalue weighted by molar-refractivity contribution is -0.174. The van der Waals surface area contributed by atoms with Crippen molar-refractivity contribution >= 4 is 12.0 Å². The van der Waals surface area contributed by atoms with Crippen molar-refractivity contribution in [1.82, 2.24) is 10.2 Å². The molecular weight excluding hydrogens is 301 g/mol. The topological polar surface area (TPSA) is 58.6 Å². The number of hydrogen-bond acceptors (Lipinski definition) is 3. The molecule has 1 fully saturated rings. The van der Waals surface area contributed by atoms with Crippen LogP contribution in [0, 0.1) is 0 Å². The van der Waals surface area contributed by atoms with Crippen LogP contribution in [-0.2, 0) is 16.1 Å². The Bertz CT molecular complexity index is 534. The number of ether oxygens (including phenoxy) is 1. The molecule has 0 spiro atoms. The minimum atomic E-state index is -4.92. The highest BCUT2D eigenvalue weighted by atomic mass is 19.4. The quantitative estimate of drug-likeness (QED) is 0.929. The molecule has 8 heteroatoms. The summed E-state index contributed by atoms with van der Waals surface area (Å²) in [5.41, 5.74) is 0.817. The first kappa shape index (κ1) is 16.1. The summed E-state index contributed by atoms with van der Waals surface area (Å²) in [6.07, 6.45) is -5.25. The largest absolute Gasteiger partial charge is 0.471 e. The number of nitrogens with zero attached hydrogens (tertiary/aromatic N) is 1. The van der Waals surface area contributed by atoms with Crippen LogP contribution in [0.4, 0.5) is 18.0 Å². The Labute approximate surface area is 125 Å². The highest BCUT2D eigenvalue weighted by molar-refractivity contribution is 5.82. The monoisotopic (exact) mass is 316 g/mol. The predicted octanol–water partition coefficient (Wildman–Crippen LogP) is 2.08. The molecule has 5 nitrogen and oxygen atoms in total. The van der Waals surface area contributed by atoms with Gasteiger partial charge in [0.05, 0.1) is 0 Å². The maximum absolute atomic E-state index is 12.1. The Hall–Kier alpha value is -2.25. The number of carbonyl (C=O) groups excluding carboxylic acids is 2. The molecule has 1 aromatic carbocycles. The van der Waals surface area contributed by atoms with E-state index in [1.165, 1.54) is 4.90 Å². The SMILES string of the molecule is O=C(OCc1ccccc1)N1CCC(NC(=O)C(F)(F)F)C1. The fraction of sp³-hybridized carbons (Fsp3) is 0.429. The summed E-state index contributed by atoms with van der Waals surface area (Å²) in [7, 11) is 0. The minimum Gasteiger partial charge on any atom is -0.445 e. The minimum absolute atomic E-state index is 0.00937. The first-order valence-electron chi connectivity index (χ1n) is 6.69. The molecule has 1 aliphatic rings. The van der Waals surface area contributed by atoms with Crippen LogP contribution in [0.3, 0.4) is 0 Å². The first-order valence-corrected chi connectivity index (χ1v) is 6.69. The Kier molecular flexibility index (Phi) is 4.89. The highest BCUT2D eigenvalue weighted by Gasteiger charge is 2.41. The fourth-order valence-corrected chi connectivity index (χ4v) is 2.12. The van der Waals surface area contributed by atoms with Gasteiger partial charge in [0.25, 0.3) is 0 Å². The van der Waals surface area contributed by atoms with Crippen LogP contribution in [0.1, 0.15) is 12.0 Å². The molecule has 0 radical (unpaired) electrons. The van der Waals surface area contributed by atoms with Gasteiger partial charge < -0.3 is 15.0 Å². The molecule has 2 amide bonds. The lowest BCUT2D eigenvalue weighted by atomic mass is 10.2. The van der Waals surface area contributed by atoms with Crippen molar-refractivity contribution < 1.29 is 27.5 Å². The third-order valence-electron chi connectivity index (χ3n) is 3.24. The average molecular weight is 316 g/mol. The summed E-state index contributed by atoms with van der Waals surface area (Å²) in [6, 6.07) is 8.33.